The molecule has 0 aromatic heterocycles. The van der Waals surface area contributed by atoms with Gasteiger partial charge in [0.2, 0.25) is 0 Å². The highest BCUT2D eigenvalue weighted by molar-refractivity contribution is 9.10. The molecule has 0 atom stereocenters. The van der Waals surface area contributed by atoms with Crippen LogP contribution in [0.15, 0.2) is 16.6 Å². The van der Waals surface area contributed by atoms with E-state index < -0.39 is 0 Å². The maximum Gasteiger partial charge on any atom is 0.0488 e. The van der Waals surface area contributed by atoms with Crippen molar-refractivity contribution in [1.29, 1.82) is 0 Å². The lowest BCUT2D eigenvalue weighted by molar-refractivity contribution is 0.567. The summed E-state index contributed by atoms with van der Waals surface area (Å²) in [6.45, 7) is 7.55. The Hall–Kier alpha value is -0.700. The van der Waals surface area contributed by atoms with Gasteiger partial charge in [-0.3, -0.25) is 0 Å². The minimum atomic E-state index is 0.776. The number of nitrogen functional groups attached to an aromatic ring is 1. The zero-order valence-corrected chi connectivity index (χ0v) is 11.9. The number of benzene rings is 1. The van der Waals surface area contributed by atoms with Crippen molar-refractivity contribution >= 4 is 27.3 Å². The first kappa shape index (κ1) is 13.4. The average molecular weight is 285 g/mol. The molecular formula is C13H21BrN2. The van der Waals surface area contributed by atoms with E-state index in [4.69, 9.17) is 5.73 Å². The summed E-state index contributed by atoms with van der Waals surface area (Å²) in [6, 6.07) is 4.05. The molecule has 0 radical (unpaired) electrons. The van der Waals surface area contributed by atoms with Crippen LogP contribution in [0.3, 0.4) is 0 Å². The van der Waals surface area contributed by atoms with Crippen molar-refractivity contribution in [2.75, 3.05) is 17.6 Å². The van der Waals surface area contributed by atoms with Gasteiger partial charge < -0.3 is 11.1 Å². The van der Waals surface area contributed by atoms with Gasteiger partial charge in [-0.25, -0.2) is 0 Å². The van der Waals surface area contributed by atoms with Crippen molar-refractivity contribution in [3.63, 3.8) is 0 Å². The molecule has 1 rings (SSSR count). The smallest absolute Gasteiger partial charge is 0.0488 e. The highest BCUT2D eigenvalue weighted by Crippen LogP contribution is 2.27. The fourth-order valence-corrected chi connectivity index (χ4v) is 2.07. The van der Waals surface area contributed by atoms with E-state index in [1.807, 2.05) is 13.0 Å². The van der Waals surface area contributed by atoms with E-state index in [1.54, 1.807) is 0 Å². The monoisotopic (exact) mass is 284 g/mol. The molecule has 0 saturated heterocycles. The van der Waals surface area contributed by atoms with Crippen molar-refractivity contribution in [1.82, 2.24) is 0 Å². The molecule has 3 heteroatoms. The quantitative estimate of drug-likeness (QED) is 0.629. The van der Waals surface area contributed by atoms with Crippen molar-refractivity contribution in [2.24, 2.45) is 5.92 Å². The Labute approximate surface area is 107 Å². The summed E-state index contributed by atoms with van der Waals surface area (Å²) in [7, 11) is 0. The summed E-state index contributed by atoms with van der Waals surface area (Å²) in [5.74, 6) is 0.776. The number of nitrogens with one attached hydrogen (secondary N) is 1. The number of hydrogen-bond acceptors (Lipinski definition) is 2. The van der Waals surface area contributed by atoms with Gasteiger partial charge >= 0.3 is 0 Å². The van der Waals surface area contributed by atoms with Gasteiger partial charge in [0.05, 0.1) is 0 Å². The fourth-order valence-electron chi connectivity index (χ4n) is 1.57. The van der Waals surface area contributed by atoms with Crippen molar-refractivity contribution in [2.45, 2.75) is 33.6 Å². The lowest BCUT2D eigenvalue weighted by atomic mass is 10.1. The third-order valence-corrected chi connectivity index (χ3v) is 3.29. The van der Waals surface area contributed by atoms with Crippen molar-refractivity contribution < 1.29 is 0 Å². The van der Waals surface area contributed by atoms with Crippen LogP contribution in [0.5, 0.6) is 0 Å². The van der Waals surface area contributed by atoms with E-state index in [-0.39, 0.29) is 0 Å². The highest BCUT2D eigenvalue weighted by atomic mass is 79.9. The van der Waals surface area contributed by atoms with Crippen LogP contribution in [0, 0.1) is 12.8 Å². The zero-order chi connectivity index (χ0) is 12.1. The predicted molar refractivity (Wildman–Crippen MR) is 75.9 cm³/mol. The van der Waals surface area contributed by atoms with Gasteiger partial charge in [0, 0.05) is 22.4 Å². The lowest BCUT2D eigenvalue weighted by Crippen LogP contribution is -2.04. The molecule has 0 unspecified atom stereocenters. The molecule has 0 aliphatic heterocycles. The highest BCUT2D eigenvalue weighted by Gasteiger charge is 2.03. The topological polar surface area (TPSA) is 38.0 Å². The normalized spacial score (nSPS) is 10.8. The maximum absolute atomic E-state index is 5.83. The van der Waals surface area contributed by atoms with Crippen LogP contribution in [0.2, 0.25) is 0 Å². The number of aryl methyl sites for hydroxylation is 1. The van der Waals surface area contributed by atoms with E-state index in [1.165, 1.54) is 12.8 Å². The lowest BCUT2D eigenvalue weighted by Gasteiger charge is -2.11. The molecule has 16 heavy (non-hydrogen) atoms. The SMILES string of the molecule is Cc1cc(NCCCC(C)C)c(Br)cc1N. The molecule has 1 aromatic carbocycles. The predicted octanol–water partition coefficient (Wildman–Crippen LogP) is 4.19. The Bertz CT molecular complexity index is 348. The van der Waals surface area contributed by atoms with E-state index in [0.29, 0.717) is 0 Å². The fraction of sp³-hybridized carbons (Fsp3) is 0.538. The summed E-state index contributed by atoms with van der Waals surface area (Å²) < 4.78 is 1.04. The van der Waals surface area contributed by atoms with E-state index in [0.717, 1.165) is 33.9 Å². The van der Waals surface area contributed by atoms with Gasteiger partial charge in [0.25, 0.3) is 0 Å². The number of halogens is 1. The van der Waals surface area contributed by atoms with Crippen LogP contribution in [-0.4, -0.2) is 6.54 Å². The molecule has 1 aromatic rings. The molecule has 2 nitrogen and oxygen atoms in total. The largest absolute Gasteiger partial charge is 0.398 e. The van der Waals surface area contributed by atoms with Gasteiger partial charge in [-0.15, -0.1) is 0 Å². The summed E-state index contributed by atoms with van der Waals surface area (Å²) >= 11 is 3.52. The van der Waals surface area contributed by atoms with Crippen LogP contribution >= 0.6 is 15.9 Å². The third-order valence-electron chi connectivity index (χ3n) is 2.63. The van der Waals surface area contributed by atoms with E-state index in [9.17, 15) is 0 Å². The third kappa shape index (κ3) is 4.05. The molecule has 0 saturated carbocycles. The van der Waals surface area contributed by atoms with Gasteiger partial charge in [0.1, 0.15) is 0 Å². The molecule has 0 aliphatic carbocycles. The van der Waals surface area contributed by atoms with Gasteiger partial charge in [-0.1, -0.05) is 13.8 Å². The first-order valence-electron chi connectivity index (χ1n) is 5.80. The summed E-state index contributed by atoms with van der Waals surface area (Å²) in [5.41, 5.74) is 8.91. The Morgan fingerprint density at radius 3 is 2.69 bits per heavy atom. The van der Waals surface area contributed by atoms with Gasteiger partial charge in [-0.05, 0) is 59.3 Å². The van der Waals surface area contributed by atoms with Crippen molar-refractivity contribution in [3.8, 4) is 0 Å². The Morgan fingerprint density at radius 2 is 2.06 bits per heavy atom. The summed E-state index contributed by atoms with van der Waals surface area (Å²) in [4.78, 5) is 0. The average Bonchev–Trinajstić information content (AvgIpc) is 2.19. The Kier molecular flexibility index (Phi) is 5.13. The zero-order valence-electron chi connectivity index (χ0n) is 10.3. The van der Waals surface area contributed by atoms with Gasteiger partial charge in [0.15, 0.2) is 0 Å². The molecule has 3 N–H and O–H groups in total. The molecule has 0 aliphatic rings. The molecule has 0 spiro atoms. The molecule has 0 fully saturated rings. The molecule has 0 bridgehead atoms. The van der Waals surface area contributed by atoms with Gasteiger partial charge in [-0.2, -0.15) is 0 Å². The Morgan fingerprint density at radius 1 is 1.38 bits per heavy atom. The van der Waals surface area contributed by atoms with E-state index in [2.05, 4.69) is 41.2 Å². The van der Waals surface area contributed by atoms with Crippen LogP contribution in [0.1, 0.15) is 32.3 Å². The maximum atomic E-state index is 5.83. The van der Waals surface area contributed by atoms with Crippen molar-refractivity contribution in [3.05, 3.63) is 22.2 Å². The number of nitrogens with two attached hydrogens (primary N) is 1. The first-order valence-corrected chi connectivity index (χ1v) is 6.59. The first-order chi connectivity index (χ1) is 7.50. The number of anilines is 2. The molecule has 0 amide bonds. The second-order valence-corrected chi connectivity index (χ2v) is 5.51. The summed E-state index contributed by atoms with van der Waals surface area (Å²) in [5, 5.41) is 3.43. The van der Waals surface area contributed by atoms with Crippen LogP contribution in [-0.2, 0) is 0 Å². The summed E-state index contributed by atoms with van der Waals surface area (Å²) in [6.07, 6.45) is 2.46. The minimum Gasteiger partial charge on any atom is -0.398 e. The van der Waals surface area contributed by atoms with E-state index >= 15 is 0 Å². The van der Waals surface area contributed by atoms with Crippen LogP contribution in [0.4, 0.5) is 11.4 Å². The number of rotatable bonds is 5. The second-order valence-electron chi connectivity index (χ2n) is 4.65. The Balaban J connectivity index is 2.51. The molecule has 0 heterocycles. The molecular weight excluding hydrogens is 264 g/mol. The minimum absolute atomic E-state index is 0.776. The van der Waals surface area contributed by atoms with Crippen LogP contribution in [0.25, 0.3) is 0 Å². The standard InChI is InChI=1S/C13H21BrN2/c1-9(2)5-4-6-16-13-7-10(3)12(15)8-11(13)14/h7-9,16H,4-6,15H2,1-3H3. The molecule has 90 valence electrons. The van der Waals surface area contributed by atoms with Crippen LogP contribution < -0.4 is 11.1 Å². The number of hydrogen-bond donors (Lipinski definition) is 2. The second kappa shape index (κ2) is 6.14.